The average molecular weight is 360 g/mol. The Morgan fingerprint density at radius 3 is 2.69 bits per heavy atom. The van der Waals surface area contributed by atoms with Crippen LogP contribution in [-0.4, -0.2) is 63.7 Å². The second kappa shape index (κ2) is 7.23. The molecule has 0 N–H and O–H groups in total. The molecular formula is C19H28N4O3. The van der Waals surface area contributed by atoms with Crippen LogP contribution in [0.3, 0.4) is 0 Å². The molecule has 2 saturated heterocycles. The van der Waals surface area contributed by atoms with Crippen molar-refractivity contribution in [1.82, 2.24) is 19.6 Å². The number of ether oxygens (including phenoxy) is 1. The summed E-state index contributed by atoms with van der Waals surface area (Å²) in [7, 11) is 3.33. The largest absolute Gasteiger partial charge is 0.469 e. The zero-order valence-electron chi connectivity index (χ0n) is 15.9. The van der Waals surface area contributed by atoms with Crippen LogP contribution in [0.15, 0.2) is 18.9 Å². The van der Waals surface area contributed by atoms with Crippen LogP contribution in [0.5, 0.6) is 0 Å². The number of esters is 1. The number of aryl methyl sites for hydroxylation is 2. The van der Waals surface area contributed by atoms with E-state index in [2.05, 4.69) is 22.8 Å². The second-order valence-electron chi connectivity index (χ2n) is 7.37. The molecular weight excluding hydrogens is 332 g/mol. The van der Waals surface area contributed by atoms with Crippen LogP contribution >= 0.6 is 0 Å². The molecule has 2 aliphatic heterocycles. The van der Waals surface area contributed by atoms with Gasteiger partial charge >= 0.3 is 5.97 Å². The summed E-state index contributed by atoms with van der Waals surface area (Å²) in [5.41, 5.74) is 1.82. The minimum Gasteiger partial charge on any atom is -0.469 e. The van der Waals surface area contributed by atoms with E-state index in [1.807, 2.05) is 23.6 Å². The molecule has 7 nitrogen and oxygen atoms in total. The zero-order chi connectivity index (χ0) is 18.9. The van der Waals surface area contributed by atoms with Crippen molar-refractivity contribution in [3.8, 4) is 0 Å². The van der Waals surface area contributed by atoms with Crippen molar-refractivity contribution < 1.29 is 14.3 Å². The van der Waals surface area contributed by atoms with Gasteiger partial charge in [-0.25, -0.2) is 0 Å². The molecule has 1 atom stereocenters. The van der Waals surface area contributed by atoms with Crippen molar-refractivity contribution in [2.24, 2.45) is 13.0 Å². The van der Waals surface area contributed by atoms with Gasteiger partial charge in [-0.3, -0.25) is 19.2 Å². The topological polar surface area (TPSA) is 67.7 Å². The molecule has 3 heterocycles. The van der Waals surface area contributed by atoms with Crippen molar-refractivity contribution in [3.63, 3.8) is 0 Å². The Morgan fingerprint density at radius 1 is 1.46 bits per heavy atom. The molecule has 0 radical (unpaired) electrons. The lowest BCUT2D eigenvalue weighted by molar-refractivity contribution is -0.150. The molecule has 0 bridgehead atoms. The van der Waals surface area contributed by atoms with Crippen LogP contribution in [0.2, 0.25) is 0 Å². The Bertz CT molecular complexity index is 704. The van der Waals surface area contributed by atoms with Crippen LogP contribution in [0, 0.1) is 12.8 Å². The number of piperidine rings is 1. The molecule has 1 amide bonds. The Labute approximate surface area is 154 Å². The highest BCUT2D eigenvalue weighted by Gasteiger charge is 2.56. The van der Waals surface area contributed by atoms with E-state index in [1.165, 1.54) is 12.7 Å². The molecule has 3 rings (SSSR count). The highest BCUT2D eigenvalue weighted by molar-refractivity contribution is 5.89. The van der Waals surface area contributed by atoms with Gasteiger partial charge in [-0.05, 0) is 19.8 Å². The van der Waals surface area contributed by atoms with Gasteiger partial charge in [0, 0.05) is 51.4 Å². The third kappa shape index (κ3) is 3.16. The number of carbonyl (C=O) groups is 2. The van der Waals surface area contributed by atoms with E-state index in [0.29, 0.717) is 6.54 Å². The summed E-state index contributed by atoms with van der Waals surface area (Å²) in [5.74, 6) is -0.638. The molecule has 2 aliphatic rings. The van der Waals surface area contributed by atoms with Gasteiger partial charge in [0.15, 0.2) is 0 Å². The van der Waals surface area contributed by atoms with E-state index < -0.39 is 5.54 Å². The maximum absolute atomic E-state index is 12.5. The summed E-state index contributed by atoms with van der Waals surface area (Å²) in [6.07, 6.45) is 5.57. The van der Waals surface area contributed by atoms with Gasteiger partial charge in [0.2, 0.25) is 5.91 Å². The molecule has 7 heteroatoms. The normalized spacial score (nSPS) is 22.8. The number of rotatable bonds is 5. The number of hydrogen-bond acceptors (Lipinski definition) is 5. The third-order valence-corrected chi connectivity index (χ3v) is 5.89. The van der Waals surface area contributed by atoms with E-state index in [4.69, 9.17) is 4.74 Å². The van der Waals surface area contributed by atoms with Crippen LogP contribution < -0.4 is 0 Å². The fourth-order valence-electron chi connectivity index (χ4n) is 4.53. The van der Waals surface area contributed by atoms with Gasteiger partial charge in [0.1, 0.15) is 0 Å². The smallest absolute Gasteiger partial charge is 0.311 e. The van der Waals surface area contributed by atoms with Gasteiger partial charge in [-0.1, -0.05) is 6.08 Å². The maximum atomic E-state index is 12.5. The lowest BCUT2D eigenvalue weighted by Gasteiger charge is -2.46. The summed E-state index contributed by atoms with van der Waals surface area (Å²) in [5, 5.41) is 4.41. The first-order chi connectivity index (χ1) is 12.4. The van der Waals surface area contributed by atoms with Crippen molar-refractivity contribution in [2.75, 3.05) is 26.7 Å². The minimum atomic E-state index is -0.446. The predicted molar refractivity (Wildman–Crippen MR) is 97.2 cm³/mol. The number of methoxy groups -OCH3 is 1. The summed E-state index contributed by atoms with van der Waals surface area (Å²) in [4.78, 5) is 29.1. The fourth-order valence-corrected chi connectivity index (χ4v) is 4.53. The van der Waals surface area contributed by atoms with Crippen molar-refractivity contribution in [3.05, 3.63) is 30.1 Å². The number of amides is 1. The first kappa shape index (κ1) is 18.6. The van der Waals surface area contributed by atoms with E-state index in [0.717, 1.165) is 38.2 Å². The number of carbonyl (C=O) groups excluding carboxylic acids is 2. The number of hydrogen-bond donors (Lipinski definition) is 0. The van der Waals surface area contributed by atoms with Crippen LogP contribution in [-0.2, 0) is 27.9 Å². The molecule has 26 heavy (non-hydrogen) atoms. The summed E-state index contributed by atoms with van der Waals surface area (Å²) >= 11 is 0. The minimum absolute atomic E-state index is 0.0249. The molecule has 0 aliphatic carbocycles. The molecule has 1 aromatic rings. The molecule has 1 unspecified atom stereocenters. The van der Waals surface area contributed by atoms with Crippen molar-refractivity contribution >= 4 is 11.9 Å². The first-order valence-electron chi connectivity index (χ1n) is 9.12. The average Bonchev–Trinajstić information content (AvgIpc) is 3.07. The first-order valence-corrected chi connectivity index (χ1v) is 9.12. The van der Waals surface area contributed by atoms with E-state index in [-0.39, 0.29) is 24.2 Å². The fraction of sp³-hybridized carbons (Fsp3) is 0.632. The van der Waals surface area contributed by atoms with E-state index in [1.54, 1.807) is 6.08 Å². The predicted octanol–water partition coefficient (Wildman–Crippen LogP) is 1.27. The number of likely N-dealkylation sites (tertiary alicyclic amines) is 2. The van der Waals surface area contributed by atoms with Crippen LogP contribution in [0.25, 0.3) is 0 Å². The van der Waals surface area contributed by atoms with Gasteiger partial charge in [-0.2, -0.15) is 5.10 Å². The second-order valence-corrected chi connectivity index (χ2v) is 7.37. The van der Waals surface area contributed by atoms with Gasteiger partial charge in [0.25, 0.3) is 0 Å². The highest BCUT2D eigenvalue weighted by atomic mass is 16.5. The van der Waals surface area contributed by atoms with Crippen molar-refractivity contribution in [1.29, 1.82) is 0 Å². The highest BCUT2D eigenvalue weighted by Crippen LogP contribution is 2.44. The molecule has 1 aromatic heterocycles. The zero-order valence-corrected chi connectivity index (χ0v) is 15.9. The molecule has 2 fully saturated rings. The lowest BCUT2D eigenvalue weighted by atomic mass is 9.76. The van der Waals surface area contributed by atoms with E-state index >= 15 is 0 Å². The molecule has 142 valence electrons. The number of aromatic nitrogens is 2. The Morgan fingerprint density at radius 2 is 2.15 bits per heavy atom. The monoisotopic (exact) mass is 360 g/mol. The Balaban J connectivity index is 1.76. The summed E-state index contributed by atoms with van der Waals surface area (Å²) in [6, 6.07) is 0. The van der Waals surface area contributed by atoms with Gasteiger partial charge in [-0.15, -0.1) is 6.58 Å². The molecule has 0 aromatic carbocycles. The quantitative estimate of drug-likeness (QED) is 0.584. The van der Waals surface area contributed by atoms with Gasteiger partial charge < -0.3 is 9.64 Å². The standard InChI is InChI=1S/C19H28N4O3/c1-5-8-23-17(24)11-16(18(25)26-4)19(23)6-9-22(10-7-19)13-15-12-21(3)20-14(15)2/h5,12,16H,1,6-11,13H2,2-4H3. The molecule has 0 saturated carbocycles. The molecule has 1 spiro atoms. The van der Waals surface area contributed by atoms with Gasteiger partial charge in [0.05, 0.1) is 24.3 Å². The lowest BCUT2D eigenvalue weighted by Crippen LogP contribution is -2.57. The third-order valence-electron chi connectivity index (χ3n) is 5.89. The van der Waals surface area contributed by atoms with Crippen LogP contribution in [0.1, 0.15) is 30.5 Å². The van der Waals surface area contributed by atoms with E-state index in [9.17, 15) is 9.59 Å². The Kier molecular flexibility index (Phi) is 5.18. The summed E-state index contributed by atoms with van der Waals surface area (Å²) < 4.78 is 6.85. The SMILES string of the molecule is C=CCN1C(=O)CC(C(=O)OC)C12CCN(Cc1cn(C)nc1C)CC2. The number of nitrogens with zero attached hydrogens (tertiary/aromatic N) is 4. The van der Waals surface area contributed by atoms with Crippen molar-refractivity contribution in [2.45, 2.75) is 38.3 Å². The van der Waals surface area contributed by atoms with Crippen LogP contribution in [0.4, 0.5) is 0 Å². The maximum Gasteiger partial charge on any atom is 0.311 e. The Hall–Kier alpha value is -2.15. The summed E-state index contributed by atoms with van der Waals surface area (Å²) in [6.45, 7) is 8.80.